The van der Waals surface area contributed by atoms with Gasteiger partial charge in [-0.3, -0.25) is 4.57 Å². The molecule has 30 heavy (non-hydrogen) atoms. The molecular weight excluding hydrogens is 397 g/mol. The Morgan fingerprint density at radius 1 is 0.733 bits per heavy atom. The molecule has 1 unspecified atom stereocenters. The van der Waals surface area contributed by atoms with Crippen LogP contribution in [0.1, 0.15) is 96.8 Å². The van der Waals surface area contributed by atoms with Crippen LogP contribution in [-0.2, 0) is 4.57 Å². The molecule has 3 N–H and O–H groups in total. The number of rotatable bonds is 19. The first kappa shape index (κ1) is 29.5. The second-order valence-electron chi connectivity index (χ2n) is 9.65. The van der Waals surface area contributed by atoms with Crippen molar-refractivity contribution in [2.75, 3.05) is 27.7 Å². The summed E-state index contributed by atoms with van der Waals surface area (Å²) in [6.07, 6.45) is 24.2. The van der Waals surface area contributed by atoms with Crippen molar-refractivity contribution in [2.45, 2.75) is 102 Å². The number of likely N-dealkylation sites (N-methyl/N-ethyl adjacent to an activating group) is 1. The lowest BCUT2D eigenvalue weighted by Crippen LogP contribution is -2.49. The molecule has 0 aromatic carbocycles. The van der Waals surface area contributed by atoms with Crippen LogP contribution in [0.5, 0.6) is 0 Å². The van der Waals surface area contributed by atoms with Gasteiger partial charge < -0.3 is 19.4 Å². The number of hydrogen-bond donors (Lipinski definition) is 3. The fourth-order valence-corrected chi connectivity index (χ4v) is 4.64. The van der Waals surface area contributed by atoms with E-state index in [1.807, 2.05) is 27.2 Å². The quantitative estimate of drug-likeness (QED) is 0.0962. The van der Waals surface area contributed by atoms with E-state index in [0.29, 0.717) is 10.9 Å². The highest BCUT2D eigenvalue weighted by molar-refractivity contribution is 7.53. The Bertz CT molecular complexity index is 522. The number of unbranched alkanes of at least 4 members (excludes halogenated alkanes) is 10. The van der Waals surface area contributed by atoms with E-state index in [9.17, 15) is 19.5 Å². The van der Waals surface area contributed by atoms with Crippen LogP contribution in [-0.4, -0.2) is 52.4 Å². The zero-order valence-corrected chi connectivity index (χ0v) is 21.0. The highest BCUT2D eigenvalue weighted by atomic mass is 31.2. The molecule has 1 atom stereocenters. The monoisotopic (exact) mass is 446 g/mol. The Hall–Kier alpha value is -0.450. The lowest BCUT2D eigenvalue weighted by molar-refractivity contribution is -0.875. The van der Waals surface area contributed by atoms with E-state index < -0.39 is 12.9 Å². The number of aliphatic hydroxyl groups is 1. The fourth-order valence-electron chi connectivity index (χ4n) is 3.61. The van der Waals surface area contributed by atoms with Gasteiger partial charge in [-0.2, -0.15) is 0 Å². The first-order valence-corrected chi connectivity index (χ1v) is 13.5. The number of quaternary nitrogens is 1. The Kier molecular flexibility index (Phi) is 16.0. The van der Waals surface area contributed by atoms with Crippen LogP contribution >= 0.6 is 7.60 Å². The molecule has 0 heterocycles. The van der Waals surface area contributed by atoms with Crippen molar-refractivity contribution in [2.24, 2.45) is 0 Å². The maximum atomic E-state index is 11.7. The average molecular weight is 447 g/mol. The molecule has 6 heteroatoms. The predicted molar refractivity (Wildman–Crippen MR) is 128 cm³/mol. The topological polar surface area (TPSA) is 77.8 Å². The van der Waals surface area contributed by atoms with Gasteiger partial charge in [-0.1, -0.05) is 76.2 Å². The summed E-state index contributed by atoms with van der Waals surface area (Å²) in [4.78, 5) is 19.1. The smallest absolute Gasteiger partial charge is 0.362 e. The molecule has 0 aromatic rings. The van der Waals surface area contributed by atoms with E-state index in [0.717, 1.165) is 12.8 Å². The van der Waals surface area contributed by atoms with Gasteiger partial charge in [-0.15, -0.1) is 0 Å². The van der Waals surface area contributed by atoms with Gasteiger partial charge in [0.25, 0.3) is 0 Å². The van der Waals surface area contributed by atoms with Gasteiger partial charge in [0.2, 0.25) is 5.34 Å². The van der Waals surface area contributed by atoms with Crippen molar-refractivity contribution < 1.29 is 23.9 Å². The Labute approximate surface area is 186 Å². The zero-order valence-electron chi connectivity index (χ0n) is 20.1. The summed E-state index contributed by atoms with van der Waals surface area (Å²) in [7, 11) is 0.893. The molecule has 0 saturated heterocycles. The standard InChI is InChI=1S/C24H48NO4P/c1-5-6-7-8-9-10-11-12-13-14-15-16-17-18-19-20-21-22-24(26,30(27,28)29)23-25(2,3)4/h7-8,19-20,26H,5-6,9-18,21-23H2,1-4H3,(H-,27,28,29)/p+1/b8-7-,20-19-. The van der Waals surface area contributed by atoms with Gasteiger partial charge in [0.15, 0.2) is 0 Å². The third-order valence-electron chi connectivity index (χ3n) is 5.26. The van der Waals surface area contributed by atoms with E-state index in [2.05, 4.69) is 25.2 Å². The van der Waals surface area contributed by atoms with Crippen molar-refractivity contribution >= 4 is 7.60 Å². The maximum absolute atomic E-state index is 11.7. The molecule has 0 aliphatic rings. The van der Waals surface area contributed by atoms with Crippen molar-refractivity contribution in [1.29, 1.82) is 0 Å². The summed E-state index contributed by atoms with van der Waals surface area (Å²) in [6.45, 7) is 2.24. The van der Waals surface area contributed by atoms with Gasteiger partial charge in [-0.25, -0.2) is 0 Å². The molecule has 0 fully saturated rings. The van der Waals surface area contributed by atoms with E-state index >= 15 is 0 Å². The van der Waals surface area contributed by atoms with Gasteiger partial charge >= 0.3 is 7.60 Å². The average Bonchev–Trinajstić information content (AvgIpc) is 2.62. The minimum atomic E-state index is -4.57. The predicted octanol–water partition coefficient (Wildman–Crippen LogP) is 6.15. The lowest BCUT2D eigenvalue weighted by atomic mass is 10.1. The molecule has 0 aliphatic carbocycles. The van der Waals surface area contributed by atoms with Crippen molar-refractivity contribution in [1.82, 2.24) is 0 Å². The molecule has 0 saturated carbocycles. The summed E-state index contributed by atoms with van der Waals surface area (Å²) < 4.78 is 12.0. The van der Waals surface area contributed by atoms with Gasteiger partial charge in [-0.05, 0) is 44.9 Å². The lowest BCUT2D eigenvalue weighted by Gasteiger charge is -2.35. The molecule has 0 spiro atoms. The van der Waals surface area contributed by atoms with Gasteiger partial charge in [0.1, 0.15) is 6.54 Å². The summed E-state index contributed by atoms with van der Waals surface area (Å²) in [5, 5.41) is 8.54. The highest BCUT2D eigenvalue weighted by Gasteiger charge is 2.48. The second-order valence-corrected chi connectivity index (χ2v) is 11.6. The number of nitrogens with zero attached hydrogens (tertiary/aromatic N) is 1. The third-order valence-corrected chi connectivity index (χ3v) is 6.71. The Morgan fingerprint density at radius 2 is 1.13 bits per heavy atom. The normalized spacial score (nSPS) is 15.3. The highest BCUT2D eigenvalue weighted by Crippen LogP contribution is 2.52. The largest absolute Gasteiger partial charge is 0.373 e. The molecule has 0 bridgehead atoms. The van der Waals surface area contributed by atoms with Crippen LogP contribution in [0, 0.1) is 0 Å². The van der Waals surface area contributed by atoms with Crippen LogP contribution < -0.4 is 0 Å². The molecular formula is C24H49NO4P+. The number of hydrogen-bond acceptors (Lipinski definition) is 2. The van der Waals surface area contributed by atoms with Crippen LogP contribution in [0.15, 0.2) is 24.3 Å². The molecule has 0 amide bonds. The van der Waals surface area contributed by atoms with Crippen LogP contribution in [0.25, 0.3) is 0 Å². The van der Waals surface area contributed by atoms with E-state index in [1.165, 1.54) is 64.2 Å². The summed E-state index contributed by atoms with van der Waals surface area (Å²) in [5.74, 6) is 0. The van der Waals surface area contributed by atoms with Crippen LogP contribution in [0.3, 0.4) is 0 Å². The summed E-state index contributed by atoms with van der Waals surface area (Å²) >= 11 is 0. The van der Waals surface area contributed by atoms with Crippen LogP contribution in [0.4, 0.5) is 0 Å². The first-order chi connectivity index (χ1) is 14.0. The minimum absolute atomic E-state index is 0.0284. The second kappa shape index (κ2) is 16.2. The Morgan fingerprint density at radius 3 is 1.53 bits per heavy atom. The molecule has 0 rings (SSSR count). The molecule has 0 radical (unpaired) electrons. The fraction of sp³-hybridized carbons (Fsp3) is 0.833. The van der Waals surface area contributed by atoms with Crippen molar-refractivity contribution in [3.8, 4) is 0 Å². The SMILES string of the molecule is CCC/C=C\CCCCCCCCCC/C=C\CCC(O)(C[N+](C)(C)C)P(=O)(O)O. The number of allylic oxidation sites excluding steroid dienone is 4. The zero-order chi connectivity index (χ0) is 22.9. The Balaban J connectivity index is 3.74. The molecule has 5 nitrogen and oxygen atoms in total. The first-order valence-electron chi connectivity index (χ1n) is 11.9. The third kappa shape index (κ3) is 16.3. The summed E-state index contributed by atoms with van der Waals surface area (Å²) in [6, 6.07) is 0. The van der Waals surface area contributed by atoms with E-state index in [4.69, 9.17) is 0 Å². The minimum Gasteiger partial charge on any atom is -0.373 e. The van der Waals surface area contributed by atoms with Crippen molar-refractivity contribution in [3.63, 3.8) is 0 Å². The van der Waals surface area contributed by atoms with E-state index in [-0.39, 0.29) is 13.0 Å². The molecule has 0 aromatic heterocycles. The van der Waals surface area contributed by atoms with Gasteiger partial charge in [0.05, 0.1) is 21.1 Å². The molecule has 0 aliphatic heterocycles. The van der Waals surface area contributed by atoms with Crippen LogP contribution in [0.2, 0.25) is 0 Å². The summed E-state index contributed by atoms with van der Waals surface area (Å²) in [5.41, 5.74) is 0. The maximum Gasteiger partial charge on any atom is 0.362 e. The van der Waals surface area contributed by atoms with E-state index in [1.54, 1.807) is 0 Å². The molecule has 178 valence electrons. The van der Waals surface area contributed by atoms with Gasteiger partial charge in [0, 0.05) is 0 Å². The van der Waals surface area contributed by atoms with Crippen molar-refractivity contribution in [3.05, 3.63) is 24.3 Å².